The van der Waals surface area contributed by atoms with Crippen molar-refractivity contribution in [3.63, 3.8) is 0 Å². The van der Waals surface area contributed by atoms with Crippen LogP contribution in [-0.4, -0.2) is 32.7 Å². The number of hydrogen-bond donors (Lipinski definition) is 1. The first-order valence-corrected chi connectivity index (χ1v) is 9.14. The van der Waals surface area contributed by atoms with Crippen LogP contribution in [0.5, 0.6) is 0 Å². The van der Waals surface area contributed by atoms with E-state index >= 15 is 0 Å². The number of rotatable bonds is 11. The average molecular weight is 322 g/mol. The van der Waals surface area contributed by atoms with Gasteiger partial charge in [-0.15, -0.1) is 0 Å². The van der Waals surface area contributed by atoms with E-state index < -0.39 is 32.2 Å². The third-order valence-corrected chi connectivity index (χ3v) is 4.78. The molecular weight excluding hydrogens is 299 g/mol. The molecule has 8 heteroatoms. The second-order valence-electron chi connectivity index (χ2n) is 4.54. The molecule has 110 valence electrons. The zero-order valence-electron chi connectivity index (χ0n) is 11.8. The fraction of sp³-hybridized carbons (Fsp3) is 1.00. The van der Waals surface area contributed by atoms with Gasteiger partial charge in [0.2, 0.25) is 0 Å². The minimum Gasteiger partial charge on any atom is -0.772 e. The minimum atomic E-state index is -4.22. The van der Waals surface area contributed by atoms with Crippen LogP contribution in [0, 0.1) is 0 Å². The molecule has 2 atom stereocenters. The van der Waals surface area contributed by atoms with Crippen LogP contribution in [0.4, 0.5) is 0 Å². The van der Waals surface area contributed by atoms with Crippen LogP contribution in [0.1, 0.15) is 58.3 Å². The van der Waals surface area contributed by atoms with Gasteiger partial charge in [0, 0.05) is 5.25 Å². The molecular formula is C11H23NaO5S2. The van der Waals surface area contributed by atoms with Gasteiger partial charge in [-0.05, 0) is 6.42 Å². The molecule has 0 aromatic heterocycles. The maximum absolute atomic E-state index is 10.8. The van der Waals surface area contributed by atoms with Crippen LogP contribution in [0.15, 0.2) is 0 Å². The van der Waals surface area contributed by atoms with E-state index in [9.17, 15) is 17.2 Å². The zero-order valence-corrected chi connectivity index (χ0v) is 15.5. The molecule has 0 saturated heterocycles. The van der Waals surface area contributed by atoms with Gasteiger partial charge < -0.3 is 4.55 Å². The normalized spacial score (nSPS) is 14.7. The zero-order chi connectivity index (χ0) is 14.0. The van der Waals surface area contributed by atoms with Crippen molar-refractivity contribution < 1.29 is 51.3 Å². The summed E-state index contributed by atoms with van der Waals surface area (Å²) in [5.41, 5.74) is 0. The minimum absolute atomic E-state index is 0. The Hall–Kier alpha value is 1.02. The summed E-state index contributed by atoms with van der Waals surface area (Å²) in [6.07, 6.45) is 7.66. The maximum atomic E-state index is 10.8. The Balaban J connectivity index is 0. The Labute approximate surface area is 141 Å². The molecule has 0 aliphatic heterocycles. The van der Waals surface area contributed by atoms with Gasteiger partial charge in [0.05, 0.1) is 5.75 Å². The monoisotopic (exact) mass is 322 g/mol. The van der Waals surface area contributed by atoms with Crippen molar-refractivity contribution >= 4 is 21.2 Å². The Bertz CT molecular complexity index is 332. The van der Waals surface area contributed by atoms with Gasteiger partial charge in [0.1, 0.15) is 0 Å². The van der Waals surface area contributed by atoms with E-state index in [0.29, 0.717) is 12.8 Å². The summed E-state index contributed by atoms with van der Waals surface area (Å²) in [6.45, 7) is 2.14. The second kappa shape index (κ2) is 12.7. The molecule has 0 heterocycles. The number of unbranched alkanes of at least 4 members (excludes halogenated alkanes) is 6. The summed E-state index contributed by atoms with van der Waals surface area (Å²) in [6, 6.07) is 0. The molecule has 0 aromatic carbocycles. The molecule has 1 N–H and O–H groups in total. The Morgan fingerprint density at radius 1 is 1.11 bits per heavy atom. The van der Waals surface area contributed by atoms with Crippen LogP contribution in [0.3, 0.4) is 0 Å². The predicted octanol–water partition coefficient (Wildman–Crippen LogP) is -0.733. The van der Waals surface area contributed by atoms with E-state index in [1.165, 1.54) is 19.3 Å². The van der Waals surface area contributed by atoms with Gasteiger partial charge in [0.15, 0.2) is 0 Å². The topological polar surface area (TPSA) is 94.5 Å². The molecule has 5 nitrogen and oxygen atoms in total. The predicted molar refractivity (Wildman–Crippen MR) is 71.7 cm³/mol. The molecule has 0 fully saturated rings. The number of hydrogen-bond acceptors (Lipinski definition) is 4. The van der Waals surface area contributed by atoms with Gasteiger partial charge in [-0.1, -0.05) is 62.9 Å². The molecule has 0 spiro atoms. The van der Waals surface area contributed by atoms with E-state index in [2.05, 4.69) is 6.92 Å². The summed E-state index contributed by atoms with van der Waals surface area (Å²) >= 11 is -2.45. The summed E-state index contributed by atoms with van der Waals surface area (Å²) in [5.74, 6) is -0.695. The molecule has 0 rings (SSSR count). The molecule has 0 aromatic rings. The van der Waals surface area contributed by atoms with E-state index in [4.69, 9.17) is 4.55 Å². The molecule has 2 unspecified atom stereocenters. The van der Waals surface area contributed by atoms with Crippen molar-refractivity contribution in [2.24, 2.45) is 0 Å². The van der Waals surface area contributed by atoms with Gasteiger partial charge in [0.25, 0.3) is 10.1 Å². The first-order valence-electron chi connectivity index (χ1n) is 6.40. The Morgan fingerprint density at radius 2 is 1.58 bits per heavy atom. The Kier molecular flexibility index (Phi) is 15.0. The summed E-state index contributed by atoms with van der Waals surface area (Å²) in [5, 5.41) is -0.990. The maximum Gasteiger partial charge on any atom is 1.00 e. The van der Waals surface area contributed by atoms with Gasteiger partial charge in [-0.3, -0.25) is 8.76 Å². The van der Waals surface area contributed by atoms with E-state index in [1.807, 2.05) is 0 Å². The molecule has 19 heavy (non-hydrogen) atoms. The summed E-state index contributed by atoms with van der Waals surface area (Å²) < 4.78 is 51.5. The fourth-order valence-electron chi connectivity index (χ4n) is 1.80. The van der Waals surface area contributed by atoms with Crippen molar-refractivity contribution in [3.05, 3.63) is 0 Å². The van der Waals surface area contributed by atoms with Crippen molar-refractivity contribution in [1.29, 1.82) is 0 Å². The molecule has 0 aliphatic carbocycles. The van der Waals surface area contributed by atoms with Crippen LogP contribution >= 0.6 is 0 Å². The fourth-order valence-corrected chi connectivity index (χ4v) is 3.76. The Morgan fingerprint density at radius 3 is 2.00 bits per heavy atom. The summed E-state index contributed by atoms with van der Waals surface area (Å²) in [4.78, 5) is 0. The first-order chi connectivity index (χ1) is 8.37. The van der Waals surface area contributed by atoms with Crippen LogP contribution < -0.4 is 29.6 Å². The van der Waals surface area contributed by atoms with E-state index in [-0.39, 0.29) is 29.6 Å². The van der Waals surface area contributed by atoms with Gasteiger partial charge >= 0.3 is 29.6 Å². The second-order valence-corrected chi connectivity index (χ2v) is 7.23. The molecule has 0 saturated carbocycles. The van der Waals surface area contributed by atoms with E-state index in [0.717, 1.165) is 19.3 Å². The standard InChI is InChI=1S/C11H24O5S2.Na/c1-2-3-4-5-6-7-8-9-11(17(12)13)10-18(14,15)16;/h11H,2-10H2,1H3,(H,12,13)(H,14,15,16);/q;+1/p-1. The molecule has 0 aliphatic rings. The van der Waals surface area contributed by atoms with E-state index in [1.54, 1.807) is 0 Å². The smallest absolute Gasteiger partial charge is 0.772 e. The van der Waals surface area contributed by atoms with Crippen molar-refractivity contribution in [1.82, 2.24) is 0 Å². The van der Waals surface area contributed by atoms with Crippen LogP contribution in [0.25, 0.3) is 0 Å². The third kappa shape index (κ3) is 15.2. The van der Waals surface area contributed by atoms with Gasteiger partial charge in [-0.25, -0.2) is 0 Å². The van der Waals surface area contributed by atoms with Crippen molar-refractivity contribution in [3.8, 4) is 0 Å². The quantitative estimate of drug-likeness (QED) is 0.234. The van der Waals surface area contributed by atoms with Crippen LogP contribution in [0.2, 0.25) is 0 Å². The van der Waals surface area contributed by atoms with Crippen molar-refractivity contribution in [2.45, 2.75) is 63.5 Å². The first kappa shape index (κ1) is 22.3. The molecule has 0 radical (unpaired) electrons. The average Bonchev–Trinajstić information content (AvgIpc) is 2.24. The van der Waals surface area contributed by atoms with Gasteiger partial charge in [-0.2, -0.15) is 8.42 Å². The SMILES string of the molecule is CCCCCCCCCC(CS(=O)(=O)O)S(=O)[O-].[Na+]. The summed E-state index contributed by atoms with van der Waals surface area (Å²) in [7, 11) is -4.22. The molecule has 0 bridgehead atoms. The third-order valence-electron chi connectivity index (χ3n) is 2.80. The molecule has 0 amide bonds. The van der Waals surface area contributed by atoms with Crippen molar-refractivity contribution in [2.75, 3.05) is 5.75 Å². The van der Waals surface area contributed by atoms with Crippen LogP contribution in [-0.2, 0) is 21.2 Å². The largest absolute Gasteiger partial charge is 1.00 e.